The average Bonchev–Trinajstić information content (AvgIpc) is 2.42. The number of hydrogen-bond donors (Lipinski definition) is 1. The maximum absolute atomic E-state index is 11.2. The first kappa shape index (κ1) is 10.3. The van der Waals surface area contributed by atoms with Gasteiger partial charge in [-0.15, -0.1) is 0 Å². The molecule has 5 nitrogen and oxygen atoms in total. The van der Waals surface area contributed by atoms with Crippen LogP contribution in [0.15, 0.2) is 6.07 Å². The van der Waals surface area contributed by atoms with Crippen molar-refractivity contribution in [1.29, 1.82) is 5.26 Å². The molecule has 0 aromatic carbocycles. The lowest BCUT2D eigenvalue weighted by atomic mass is 10.4. The molecule has 1 rings (SSSR count). The van der Waals surface area contributed by atoms with Crippen molar-refractivity contribution in [2.75, 3.05) is 6.54 Å². The molecular weight excluding hydrogens is 180 g/mol. The van der Waals surface area contributed by atoms with Crippen molar-refractivity contribution < 1.29 is 4.79 Å². The molecule has 0 aliphatic carbocycles. The van der Waals surface area contributed by atoms with Crippen LogP contribution >= 0.6 is 0 Å². The summed E-state index contributed by atoms with van der Waals surface area (Å²) < 4.78 is 1.61. The van der Waals surface area contributed by atoms with Gasteiger partial charge in [0.1, 0.15) is 13.1 Å². The quantitative estimate of drug-likeness (QED) is 0.692. The van der Waals surface area contributed by atoms with Crippen molar-refractivity contribution in [2.24, 2.45) is 0 Å². The third-order valence-electron chi connectivity index (χ3n) is 1.76. The number of nitriles is 1. The number of aromatic nitrogens is 2. The van der Waals surface area contributed by atoms with Crippen LogP contribution in [0.4, 0.5) is 0 Å². The van der Waals surface area contributed by atoms with E-state index in [0.717, 1.165) is 11.4 Å². The molecule has 1 aromatic rings. The summed E-state index contributed by atoms with van der Waals surface area (Å²) in [5.74, 6) is -0.197. The van der Waals surface area contributed by atoms with Crippen molar-refractivity contribution in [1.82, 2.24) is 15.1 Å². The molecule has 1 amide bonds. The van der Waals surface area contributed by atoms with E-state index in [1.54, 1.807) is 4.68 Å². The Balaban J connectivity index is 2.56. The van der Waals surface area contributed by atoms with Crippen LogP contribution in [0.3, 0.4) is 0 Å². The number of nitrogens with one attached hydrogen (secondary N) is 1. The molecular formula is C9H12N4O. The highest BCUT2D eigenvalue weighted by Gasteiger charge is 2.05. The van der Waals surface area contributed by atoms with Crippen molar-refractivity contribution in [3.8, 4) is 6.07 Å². The van der Waals surface area contributed by atoms with Gasteiger partial charge in [-0.05, 0) is 19.9 Å². The average molecular weight is 192 g/mol. The van der Waals surface area contributed by atoms with Crippen molar-refractivity contribution in [3.63, 3.8) is 0 Å². The van der Waals surface area contributed by atoms with Crippen LogP contribution in [-0.2, 0) is 11.3 Å². The van der Waals surface area contributed by atoms with Gasteiger partial charge in [0.25, 0.3) is 0 Å². The Bertz CT molecular complexity index is 375. The van der Waals surface area contributed by atoms with Crippen molar-refractivity contribution >= 4 is 5.91 Å². The van der Waals surface area contributed by atoms with Gasteiger partial charge in [0.2, 0.25) is 5.91 Å². The number of carbonyl (C=O) groups is 1. The minimum absolute atomic E-state index is 0.0398. The lowest BCUT2D eigenvalue weighted by Gasteiger charge is -2.03. The topological polar surface area (TPSA) is 70.7 Å². The molecule has 5 heteroatoms. The standard InChI is InChI=1S/C9H12N4O/c1-7-5-8(2)13(12-7)6-9(14)11-4-3-10/h5H,4,6H2,1-2H3,(H,11,14). The van der Waals surface area contributed by atoms with E-state index in [1.807, 2.05) is 26.0 Å². The number of rotatable bonds is 3. The molecule has 0 spiro atoms. The summed E-state index contributed by atoms with van der Waals surface area (Å²) in [5.41, 5.74) is 1.82. The van der Waals surface area contributed by atoms with Crippen LogP contribution < -0.4 is 5.32 Å². The summed E-state index contributed by atoms with van der Waals surface area (Å²) in [6.07, 6.45) is 0. The molecule has 0 saturated heterocycles. The minimum atomic E-state index is -0.197. The van der Waals surface area contributed by atoms with Gasteiger partial charge in [0.05, 0.1) is 11.8 Å². The van der Waals surface area contributed by atoms with E-state index >= 15 is 0 Å². The molecule has 0 unspecified atom stereocenters. The Labute approximate surface area is 82.3 Å². The van der Waals surface area contributed by atoms with Crippen LogP contribution in [0.5, 0.6) is 0 Å². The second kappa shape index (κ2) is 4.42. The molecule has 0 atom stereocenters. The summed E-state index contributed by atoms with van der Waals surface area (Å²) in [7, 11) is 0. The van der Waals surface area contributed by atoms with Crippen LogP contribution in [0.1, 0.15) is 11.4 Å². The number of nitrogens with zero attached hydrogens (tertiary/aromatic N) is 3. The molecule has 14 heavy (non-hydrogen) atoms. The molecule has 1 heterocycles. The number of amides is 1. The lowest BCUT2D eigenvalue weighted by Crippen LogP contribution is -2.28. The zero-order chi connectivity index (χ0) is 10.6. The van der Waals surface area contributed by atoms with E-state index in [9.17, 15) is 4.79 Å². The molecule has 0 radical (unpaired) electrons. The molecule has 0 bridgehead atoms. The predicted molar refractivity (Wildman–Crippen MR) is 50.3 cm³/mol. The van der Waals surface area contributed by atoms with E-state index < -0.39 is 0 Å². The van der Waals surface area contributed by atoms with Gasteiger partial charge in [-0.2, -0.15) is 10.4 Å². The Hall–Kier alpha value is -1.83. The van der Waals surface area contributed by atoms with Gasteiger partial charge in [0, 0.05) is 5.69 Å². The maximum Gasteiger partial charge on any atom is 0.242 e. The SMILES string of the molecule is Cc1cc(C)n(CC(=O)NCC#N)n1. The summed E-state index contributed by atoms with van der Waals surface area (Å²) in [6.45, 7) is 3.97. The molecule has 1 aromatic heterocycles. The molecule has 74 valence electrons. The van der Waals surface area contributed by atoms with E-state index in [0.29, 0.717) is 0 Å². The van der Waals surface area contributed by atoms with Gasteiger partial charge in [-0.1, -0.05) is 0 Å². The monoisotopic (exact) mass is 192 g/mol. The van der Waals surface area contributed by atoms with E-state index in [4.69, 9.17) is 5.26 Å². The molecule has 0 aliphatic rings. The van der Waals surface area contributed by atoms with Crippen molar-refractivity contribution in [2.45, 2.75) is 20.4 Å². The molecule has 0 saturated carbocycles. The summed E-state index contributed by atoms with van der Waals surface area (Å²) in [5, 5.41) is 14.8. The Morgan fingerprint density at radius 1 is 1.71 bits per heavy atom. The van der Waals surface area contributed by atoms with Gasteiger partial charge >= 0.3 is 0 Å². The normalized spacial score (nSPS) is 9.50. The van der Waals surface area contributed by atoms with E-state index in [-0.39, 0.29) is 19.0 Å². The second-order valence-electron chi connectivity index (χ2n) is 3.02. The summed E-state index contributed by atoms with van der Waals surface area (Å²) in [4.78, 5) is 11.2. The van der Waals surface area contributed by atoms with Crippen LogP contribution in [-0.4, -0.2) is 22.2 Å². The fourth-order valence-electron chi connectivity index (χ4n) is 1.17. The van der Waals surface area contributed by atoms with Gasteiger partial charge in [-0.25, -0.2) is 0 Å². The molecule has 0 fully saturated rings. The van der Waals surface area contributed by atoms with Gasteiger partial charge in [-0.3, -0.25) is 9.48 Å². The fraction of sp³-hybridized carbons (Fsp3) is 0.444. The zero-order valence-corrected chi connectivity index (χ0v) is 8.24. The third kappa shape index (κ3) is 2.59. The maximum atomic E-state index is 11.2. The number of hydrogen-bond acceptors (Lipinski definition) is 3. The first-order valence-corrected chi connectivity index (χ1v) is 4.28. The number of carbonyl (C=O) groups excluding carboxylic acids is 1. The fourth-order valence-corrected chi connectivity index (χ4v) is 1.17. The smallest absolute Gasteiger partial charge is 0.242 e. The van der Waals surface area contributed by atoms with Gasteiger partial charge in [0.15, 0.2) is 0 Å². The Morgan fingerprint density at radius 3 is 2.93 bits per heavy atom. The van der Waals surface area contributed by atoms with Gasteiger partial charge < -0.3 is 5.32 Å². The highest BCUT2D eigenvalue weighted by atomic mass is 16.2. The number of aryl methyl sites for hydroxylation is 2. The third-order valence-corrected chi connectivity index (χ3v) is 1.76. The Morgan fingerprint density at radius 2 is 2.43 bits per heavy atom. The Kier molecular flexibility index (Phi) is 3.24. The van der Waals surface area contributed by atoms with Crippen molar-refractivity contribution in [3.05, 3.63) is 17.5 Å². The lowest BCUT2D eigenvalue weighted by molar-refractivity contribution is -0.121. The largest absolute Gasteiger partial charge is 0.341 e. The highest BCUT2D eigenvalue weighted by molar-refractivity contribution is 5.75. The summed E-state index contributed by atoms with van der Waals surface area (Å²) in [6, 6.07) is 3.74. The minimum Gasteiger partial charge on any atom is -0.341 e. The van der Waals surface area contributed by atoms with E-state index in [2.05, 4.69) is 10.4 Å². The zero-order valence-electron chi connectivity index (χ0n) is 8.24. The van der Waals surface area contributed by atoms with Crippen LogP contribution in [0, 0.1) is 25.2 Å². The van der Waals surface area contributed by atoms with Crippen LogP contribution in [0.25, 0.3) is 0 Å². The molecule has 0 aliphatic heterocycles. The van der Waals surface area contributed by atoms with E-state index in [1.165, 1.54) is 0 Å². The van der Waals surface area contributed by atoms with Crippen LogP contribution in [0.2, 0.25) is 0 Å². The second-order valence-corrected chi connectivity index (χ2v) is 3.02. The highest BCUT2D eigenvalue weighted by Crippen LogP contribution is 2.00. The first-order valence-electron chi connectivity index (χ1n) is 4.28. The molecule has 1 N–H and O–H groups in total. The first-order chi connectivity index (χ1) is 6.63. The summed E-state index contributed by atoms with van der Waals surface area (Å²) >= 11 is 0. The predicted octanol–water partition coefficient (Wildman–Crippen LogP) is 0.140.